The number of amides is 1. The Labute approximate surface area is 154 Å². The van der Waals surface area contributed by atoms with E-state index < -0.39 is 35.7 Å². The van der Waals surface area contributed by atoms with Gasteiger partial charge in [0.15, 0.2) is 35.4 Å². The Morgan fingerprint density at radius 1 is 0.963 bits per heavy atom. The van der Waals surface area contributed by atoms with Gasteiger partial charge in [-0.3, -0.25) is 4.79 Å². The molecule has 0 saturated heterocycles. The molecule has 0 heterocycles. The molecule has 2 aromatic rings. The number of benzene rings is 2. The molecule has 0 aromatic heterocycles. The summed E-state index contributed by atoms with van der Waals surface area (Å²) in [6.07, 6.45) is 0. The molecule has 2 rings (SSSR count). The highest BCUT2D eigenvalue weighted by molar-refractivity contribution is 5.92. The van der Waals surface area contributed by atoms with Crippen LogP contribution in [0.4, 0.5) is 0 Å². The lowest BCUT2D eigenvalue weighted by atomic mass is 10.2. The molecule has 0 aliphatic rings. The molecule has 0 fully saturated rings. The van der Waals surface area contributed by atoms with Gasteiger partial charge in [-0.15, -0.1) is 0 Å². The summed E-state index contributed by atoms with van der Waals surface area (Å²) >= 11 is 0. The zero-order valence-corrected chi connectivity index (χ0v) is 14.7. The Morgan fingerprint density at radius 3 is 2.19 bits per heavy atom. The van der Waals surface area contributed by atoms with Crippen LogP contribution in [0.1, 0.15) is 15.9 Å². The summed E-state index contributed by atoms with van der Waals surface area (Å²) in [6.45, 7) is -0.383. The van der Waals surface area contributed by atoms with E-state index in [0.29, 0.717) is 11.5 Å². The number of nitrogens with one attached hydrogen (secondary N) is 1. The molecular weight excluding hydrogens is 358 g/mol. The average Bonchev–Trinajstić information content (AvgIpc) is 2.67. The molecule has 9 heteroatoms. The first-order valence-electron chi connectivity index (χ1n) is 7.75. The van der Waals surface area contributed by atoms with Gasteiger partial charge in [-0.25, -0.2) is 4.79 Å². The SMILES string of the molecule is COc1ccc(CNC(=O)COC(=O)c2cc(O)c(O)c(O)c2)cc1OC. The van der Waals surface area contributed by atoms with Crippen molar-refractivity contribution in [3.63, 3.8) is 0 Å². The van der Waals surface area contributed by atoms with Crippen LogP contribution in [0, 0.1) is 0 Å². The first-order chi connectivity index (χ1) is 12.8. The van der Waals surface area contributed by atoms with Crippen LogP contribution in [0.5, 0.6) is 28.7 Å². The molecule has 0 atom stereocenters. The van der Waals surface area contributed by atoms with E-state index in [0.717, 1.165) is 17.7 Å². The third kappa shape index (κ3) is 4.94. The van der Waals surface area contributed by atoms with E-state index in [9.17, 15) is 24.9 Å². The van der Waals surface area contributed by atoms with Crippen molar-refractivity contribution >= 4 is 11.9 Å². The molecule has 0 unspecified atom stereocenters. The first kappa shape index (κ1) is 19.7. The van der Waals surface area contributed by atoms with E-state index in [1.54, 1.807) is 18.2 Å². The molecule has 0 saturated carbocycles. The van der Waals surface area contributed by atoms with Crippen molar-refractivity contribution in [1.82, 2.24) is 5.32 Å². The fraction of sp³-hybridized carbons (Fsp3) is 0.222. The van der Waals surface area contributed by atoms with Crippen LogP contribution in [0.25, 0.3) is 0 Å². The normalized spacial score (nSPS) is 10.1. The molecule has 2 aromatic carbocycles. The van der Waals surface area contributed by atoms with Crippen molar-refractivity contribution in [1.29, 1.82) is 0 Å². The van der Waals surface area contributed by atoms with Gasteiger partial charge >= 0.3 is 5.97 Å². The van der Waals surface area contributed by atoms with Gasteiger partial charge in [0, 0.05) is 6.54 Å². The second kappa shape index (κ2) is 8.65. The number of phenolic OH excluding ortho intramolecular Hbond substituents is 3. The number of carbonyl (C=O) groups is 2. The van der Waals surface area contributed by atoms with Gasteiger partial charge in [-0.1, -0.05) is 6.07 Å². The topological polar surface area (TPSA) is 135 Å². The standard InChI is InChI=1S/C18H19NO8/c1-25-14-4-3-10(5-15(14)26-2)8-19-16(22)9-27-18(24)11-6-12(20)17(23)13(21)7-11/h3-7,20-21,23H,8-9H2,1-2H3,(H,19,22). The van der Waals surface area contributed by atoms with E-state index in [2.05, 4.69) is 5.32 Å². The highest BCUT2D eigenvalue weighted by Gasteiger charge is 2.16. The minimum Gasteiger partial charge on any atom is -0.504 e. The summed E-state index contributed by atoms with van der Waals surface area (Å²) < 4.78 is 15.1. The van der Waals surface area contributed by atoms with Gasteiger partial charge in [0.05, 0.1) is 19.8 Å². The van der Waals surface area contributed by atoms with E-state index in [-0.39, 0.29) is 12.1 Å². The summed E-state index contributed by atoms with van der Waals surface area (Å²) in [5, 5.41) is 30.6. The number of hydrogen-bond acceptors (Lipinski definition) is 8. The minimum atomic E-state index is -0.943. The number of aromatic hydroxyl groups is 3. The Balaban J connectivity index is 1.88. The maximum atomic E-state index is 11.9. The van der Waals surface area contributed by atoms with Gasteiger partial charge < -0.3 is 34.8 Å². The van der Waals surface area contributed by atoms with Crippen molar-refractivity contribution in [3.8, 4) is 28.7 Å². The van der Waals surface area contributed by atoms with E-state index in [1.165, 1.54) is 14.2 Å². The molecule has 0 bridgehead atoms. The summed E-state index contributed by atoms with van der Waals surface area (Å²) in [4.78, 5) is 23.7. The van der Waals surface area contributed by atoms with Crippen LogP contribution in [-0.2, 0) is 16.1 Å². The zero-order valence-electron chi connectivity index (χ0n) is 14.7. The highest BCUT2D eigenvalue weighted by atomic mass is 16.5. The number of esters is 1. The minimum absolute atomic E-state index is 0.178. The number of carbonyl (C=O) groups excluding carboxylic acids is 2. The summed E-state index contributed by atoms with van der Waals surface area (Å²) in [5.41, 5.74) is 0.538. The van der Waals surface area contributed by atoms with Gasteiger partial charge in [0.1, 0.15) is 0 Å². The van der Waals surface area contributed by atoms with Gasteiger partial charge in [0.2, 0.25) is 0 Å². The average molecular weight is 377 g/mol. The van der Waals surface area contributed by atoms with Crippen LogP contribution in [0.2, 0.25) is 0 Å². The predicted octanol–water partition coefficient (Wildman–Crippen LogP) is 1.29. The van der Waals surface area contributed by atoms with E-state index >= 15 is 0 Å². The Bertz CT molecular complexity index is 826. The molecule has 0 aliphatic carbocycles. The fourth-order valence-corrected chi connectivity index (χ4v) is 2.18. The van der Waals surface area contributed by atoms with Gasteiger partial charge in [-0.05, 0) is 29.8 Å². The molecule has 0 spiro atoms. The first-order valence-corrected chi connectivity index (χ1v) is 7.75. The molecule has 4 N–H and O–H groups in total. The lowest BCUT2D eigenvalue weighted by Crippen LogP contribution is -2.28. The molecule has 144 valence electrons. The van der Waals surface area contributed by atoms with Crippen LogP contribution < -0.4 is 14.8 Å². The van der Waals surface area contributed by atoms with Crippen molar-refractivity contribution in [2.24, 2.45) is 0 Å². The zero-order chi connectivity index (χ0) is 20.0. The highest BCUT2D eigenvalue weighted by Crippen LogP contribution is 2.35. The van der Waals surface area contributed by atoms with Crippen LogP contribution in [-0.4, -0.2) is 48.0 Å². The molecule has 27 heavy (non-hydrogen) atoms. The number of methoxy groups -OCH3 is 2. The van der Waals surface area contributed by atoms with Crippen LogP contribution in [0.3, 0.4) is 0 Å². The van der Waals surface area contributed by atoms with Crippen molar-refractivity contribution < 1.29 is 39.1 Å². The third-order valence-electron chi connectivity index (χ3n) is 3.58. The Hall–Kier alpha value is -3.62. The summed E-state index contributed by atoms with van der Waals surface area (Å²) in [5.74, 6) is -2.53. The summed E-state index contributed by atoms with van der Waals surface area (Å²) in [7, 11) is 3.01. The largest absolute Gasteiger partial charge is 0.504 e. The number of ether oxygens (including phenoxy) is 3. The van der Waals surface area contributed by atoms with Crippen molar-refractivity contribution in [3.05, 3.63) is 41.5 Å². The van der Waals surface area contributed by atoms with E-state index in [4.69, 9.17) is 14.2 Å². The van der Waals surface area contributed by atoms with Crippen LogP contribution in [0.15, 0.2) is 30.3 Å². The van der Waals surface area contributed by atoms with Gasteiger partial charge in [0.25, 0.3) is 5.91 Å². The maximum absolute atomic E-state index is 11.9. The van der Waals surface area contributed by atoms with Gasteiger partial charge in [-0.2, -0.15) is 0 Å². The summed E-state index contributed by atoms with van der Waals surface area (Å²) in [6, 6.07) is 6.98. The number of rotatable bonds is 7. The lowest BCUT2D eigenvalue weighted by molar-refractivity contribution is -0.124. The monoisotopic (exact) mass is 377 g/mol. The van der Waals surface area contributed by atoms with Crippen LogP contribution >= 0.6 is 0 Å². The Kier molecular flexibility index (Phi) is 6.32. The molecule has 0 aliphatic heterocycles. The second-order valence-corrected chi connectivity index (χ2v) is 5.41. The number of phenols is 3. The molecule has 1 amide bonds. The molecule has 0 radical (unpaired) electrons. The van der Waals surface area contributed by atoms with E-state index in [1.807, 2.05) is 0 Å². The fourth-order valence-electron chi connectivity index (χ4n) is 2.18. The predicted molar refractivity (Wildman–Crippen MR) is 93.1 cm³/mol. The number of hydrogen-bond donors (Lipinski definition) is 4. The molecular formula is C18H19NO8. The quantitative estimate of drug-likeness (QED) is 0.419. The van der Waals surface area contributed by atoms with Crippen molar-refractivity contribution in [2.75, 3.05) is 20.8 Å². The maximum Gasteiger partial charge on any atom is 0.338 e. The Morgan fingerprint density at radius 2 is 1.59 bits per heavy atom. The lowest BCUT2D eigenvalue weighted by Gasteiger charge is -2.11. The molecule has 9 nitrogen and oxygen atoms in total. The third-order valence-corrected chi connectivity index (χ3v) is 3.58. The second-order valence-electron chi connectivity index (χ2n) is 5.41. The smallest absolute Gasteiger partial charge is 0.338 e. The van der Waals surface area contributed by atoms with Crippen molar-refractivity contribution in [2.45, 2.75) is 6.54 Å².